The van der Waals surface area contributed by atoms with Crippen LogP contribution in [-0.4, -0.2) is 17.7 Å². The lowest BCUT2D eigenvalue weighted by molar-refractivity contribution is -0.121. The molecule has 0 fully saturated rings. The third-order valence-electron chi connectivity index (χ3n) is 4.92. The topological polar surface area (TPSA) is 87.3 Å². The quantitative estimate of drug-likeness (QED) is 0.349. The molecule has 0 saturated heterocycles. The number of rotatable bonds is 5. The summed E-state index contributed by atoms with van der Waals surface area (Å²) in [6.07, 6.45) is 0.159. The van der Waals surface area contributed by atoms with Crippen molar-refractivity contribution >= 4 is 56.4 Å². The molecule has 0 spiro atoms. The molecule has 0 atom stereocenters. The maximum absolute atomic E-state index is 12.7. The molecule has 3 amide bonds. The van der Waals surface area contributed by atoms with Gasteiger partial charge in [0, 0.05) is 21.3 Å². The molecule has 0 bridgehead atoms. The molecule has 0 saturated carbocycles. The molecule has 1 aromatic heterocycles. The smallest absolute Gasteiger partial charge is 0.269 e. The molecule has 166 valence electrons. The van der Waals surface area contributed by atoms with Crippen molar-refractivity contribution in [3.8, 4) is 0 Å². The van der Waals surface area contributed by atoms with Gasteiger partial charge in [-0.25, -0.2) is 0 Å². The number of aryl methyl sites for hydroxylation is 1. The van der Waals surface area contributed by atoms with Gasteiger partial charge >= 0.3 is 0 Å². The zero-order valence-electron chi connectivity index (χ0n) is 17.6. The van der Waals surface area contributed by atoms with E-state index in [4.69, 9.17) is 11.6 Å². The molecule has 33 heavy (non-hydrogen) atoms. The number of benzene rings is 3. The Kier molecular flexibility index (Phi) is 6.72. The minimum atomic E-state index is -0.461. The number of carbonyl (C=O) groups excluding carboxylic acids is 3. The van der Waals surface area contributed by atoms with Crippen LogP contribution < -0.4 is 16.2 Å². The molecule has 6 nitrogen and oxygen atoms in total. The summed E-state index contributed by atoms with van der Waals surface area (Å²) in [5, 5.41) is 4.08. The van der Waals surface area contributed by atoms with Crippen molar-refractivity contribution in [3.63, 3.8) is 0 Å². The van der Waals surface area contributed by atoms with Gasteiger partial charge in [-0.1, -0.05) is 54.1 Å². The van der Waals surface area contributed by atoms with Crippen molar-refractivity contribution in [2.24, 2.45) is 0 Å². The van der Waals surface area contributed by atoms with E-state index in [-0.39, 0.29) is 18.2 Å². The van der Waals surface area contributed by atoms with Gasteiger partial charge in [0.25, 0.3) is 11.8 Å². The molecule has 0 unspecified atom stereocenters. The van der Waals surface area contributed by atoms with Gasteiger partial charge in [0.15, 0.2) is 0 Å². The van der Waals surface area contributed by atoms with Crippen LogP contribution in [0.25, 0.3) is 10.1 Å². The summed E-state index contributed by atoms with van der Waals surface area (Å²) in [7, 11) is 0. The van der Waals surface area contributed by atoms with E-state index in [1.165, 1.54) is 11.3 Å². The van der Waals surface area contributed by atoms with Crippen molar-refractivity contribution in [3.05, 3.63) is 99.4 Å². The Hall–Kier alpha value is -3.68. The molecule has 0 aliphatic carbocycles. The van der Waals surface area contributed by atoms with E-state index >= 15 is 0 Å². The Labute approximate surface area is 199 Å². The summed E-state index contributed by atoms with van der Waals surface area (Å²) in [6.45, 7) is 1.99. The predicted molar refractivity (Wildman–Crippen MR) is 132 cm³/mol. The summed E-state index contributed by atoms with van der Waals surface area (Å²) < 4.78 is 0.950. The number of nitrogens with one attached hydrogen (secondary N) is 3. The van der Waals surface area contributed by atoms with Crippen molar-refractivity contribution in [2.75, 3.05) is 5.32 Å². The molecule has 4 rings (SSSR count). The Bertz CT molecular complexity index is 1330. The maximum Gasteiger partial charge on any atom is 0.269 e. The molecule has 0 radical (unpaired) electrons. The number of anilines is 1. The van der Waals surface area contributed by atoms with Crippen LogP contribution in [0.2, 0.25) is 5.02 Å². The van der Waals surface area contributed by atoms with Crippen LogP contribution in [0.15, 0.2) is 72.8 Å². The Morgan fingerprint density at radius 2 is 1.61 bits per heavy atom. The van der Waals surface area contributed by atoms with Gasteiger partial charge in [-0.2, -0.15) is 0 Å². The van der Waals surface area contributed by atoms with Gasteiger partial charge in [0.1, 0.15) is 4.88 Å². The normalized spacial score (nSPS) is 10.6. The lowest BCUT2D eigenvalue weighted by Gasteiger charge is -2.09. The minimum absolute atomic E-state index is 0.159. The van der Waals surface area contributed by atoms with E-state index < -0.39 is 5.91 Å². The van der Waals surface area contributed by atoms with Crippen LogP contribution >= 0.6 is 22.9 Å². The standard InChI is InChI=1S/C25H20ClN3O3S/c1-15-7-12-19-20(13-15)33-23(22(19)26)25(32)27-18-10-8-17(9-11-18)24(31)29-28-21(30)14-16-5-3-2-4-6-16/h2-13H,14H2,1H3,(H,27,32)(H,28,30)(H,29,31). The number of hydrazine groups is 1. The summed E-state index contributed by atoms with van der Waals surface area (Å²) in [5.41, 5.74) is 7.59. The number of fused-ring (bicyclic) bond motifs is 1. The van der Waals surface area contributed by atoms with Gasteiger partial charge in [-0.15, -0.1) is 11.3 Å². The lowest BCUT2D eigenvalue weighted by Crippen LogP contribution is -2.42. The van der Waals surface area contributed by atoms with Crippen LogP contribution in [0.5, 0.6) is 0 Å². The molecule has 1 heterocycles. The molecule has 8 heteroatoms. The number of carbonyl (C=O) groups is 3. The zero-order chi connectivity index (χ0) is 23.4. The highest BCUT2D eigenvalue weighted by Gasteiger charge is 2.17. The molecular weight excluding hydrogens is 458 g/mol. The average molecular weight is 478 g/mol. The van der Waals surface area contributed by atoms with Crippen LogP contribution in [0, 0.1) is 6.92 Å². The fraction of sp³-hybridized carbons (Fsp3) is 0.0800. The van der Waals surface area contributed by atoms with Crippen LogP contribution in [-0.2, 0) is 11.2 Å². The third kappa shape index (κ3) is 5.39. The largest absolute Gasteiger partial charge is 0.321 e. The van der Waals surface area contributed by atoms with E-state index in [2.05, 4.69) is 16.2 Å². The second-order valence-corrected chi connectivity index (χ2v) is 8.87. The summed E-state index contributed by atoms with van der Waals surface area (Å²) in [6, 6.07) is 21.4. The molecule has 3 aromatic carbocycles. The Morgan fingerprint density at radius 1 is 0.879 bits per heavy atom. The first kappa shape index (κ1) is 22.5. The third-order valence-corrected chi connectivity index (χ3v) is 6.58. The first-order valence-electron chi connectivity index (χ1n) is 10.1. The molecular formula is C25H20ClN3O3S. The highest BCUT2D eigenvalue weighted by molar-refractivity contribution is 7.21. The predicted octanol–water partition coefficient (Wildman–Crippen LogP) is 5.12. The van der Waals surface area contributed by atoms with Gasteiger partial charge in [0.05, 0.1) is 11.4 Å². The fourth-order valence-electron chi connectivity index (χ4n) is 3.24. The molecule has 0 aliphatic rings. The second-order valence-electron chi connectivity index (χ2n) is 7.44. The fourth-order valence-corrected chi connectivity index (χ4v) is 4.75. The van der Waals surface area contributed by atoms with E-state index in [1.54, 1.807) is 24.3 Å². The van der Waals surface area contributed by atoms with Crippen molar-refractivity contribution < 1.29 is 14.4 Å². The lowest BCUT2D eigenvalue weighted by atomic mass is 10.1. The van der Waals surface area contributed by atoms with Gasteiger partial charge in [-0.05, 0) is 48.4 Å². The molecule has 4 aromatic rings. The summed E-state index contributed by atoms with van der Waals surface area (Å²) in [4.78, 5) is 37.4. The summed E-state index contributed by atoms with van der Waals surface area (Å²) in [5.74, 6) is -1.10. The highest BCUT2D eigenvalue weighted by Crippen LogP contribution is 2.36. The number of amides is 3. The van der Waals surface area contributed by atoms with Crippen LogP contribution in [0.3, 0.4) is 0 Å². The van der Waals surface area contributed by atoms with Crippen LogP contribution in [0.4, 0.5) is 5.69 Å². The van der Waals surface area contributed by atoms with Gasteiger partial charge in [-0.3, -0.25) is 25.2 Å². The SMILES string of the molecule is Cc1ccc2c(Cl)c(C(=O)Nc3ccc(C(=O)NNC(=O)Cc4ccccc4)cc3)sc2c1. The molecule has 0 aliphatic heterocycles. The monoisotopic (exact) mass is 477 g/mol. The summed E-state index contributed by atoms with van der Waals surface area (Å²) >= 11 is 7.75. The van der Waals surface area contributed by atoms with Crippen LogP contribution in [0.1, 0.15) is 31.2 Å². The zero-order valence-corrected chi connectivity index (χ0v) is 19.2. The first-order chi connectivity index (χ1) is 15.9. The van der Waals surface area contributed by atoms with E-state index in [1.807, 2.05) is 55.5 Å². The van der Waals surface area contributed by atoms with Gasteiger partial charge in [0.2, 0.25) is 5.91 Å². The number of hydrogen-bond donors (Lipinski definition) is 3. The Morgan fingerprint density at radius 3 is 2.33 bits per heavy atom. The average Bonchev–Trinajstić information content (AvgIpc) is 3.14. The Balaban J connectivity index is 1.35. The maximum atomic E-state index is 12.7. The van der Waals surface area contributed by atoms with Gasteiger partial charge < -0.3 is 5.32 Å². The van der Waals surface area contributed by atoms with Crippen molar-refractivity contribution in [1.29, 1.82) is 0 Å². The number of hydrogen-bond acceptors (Lipinski definition) is 4. The van der Waals surface area contributed by atoms with E-state index in [0.717, 1.165) is 21.2 Å². The minimum Gasteiger partial charge on any atom is -0.321 e. The van der Waals surface area contributed by atoms with Crippen molar-refractivity contribution in [2.45, 2.75) is 13.3 Å². The second kappa shape index (κ2) is 9.85. The number of halogens is 1. The first-order valence-corrected chi connectivity index (χ1v) is 11.3. The van der Waals surface area contributed by atoms with E-state index in [9.17, 15) is 14.4 Å². The molecule has 3 N–H and O–H groups in total. The highest BCUT2D eigenvalue weighted by atomic mass is 35.5. The van der Waals surface area contributed by atoms with E-state index in [0.29, 0.717) is 21.2 Å². The van der Waals surface area contributed by atoms with Crippen molar-refractivity contribution in [1.82, 2.24) is 10.9 Å². The number of thiophene rings is 1.